The molecule has 0 aliphatic carbocycles. The molecule has 0 aliphatic rings. The summed E-state index contributed by atoms with van der Waals surface area (Å²) in [5.41, 5.74) is 8.75. The third kappa shape index (κ3) is 1.74. The van der Waals surface area contributed by atoms with Gasteiger partial charge in [0, 0.05) is 18.3 Å². The van der Waals surface area contributed by atoms with Crippen molar-refractivity contribution in [3.8, 4) is 11.4 Å². The quantitative estimate of drug-likeness (QED) is 0.736. The highest BCUT2D eigenvalue weighted by atomic mass is 15.3. The minimum absolute atomic E-state index is 0.412. The Labute approximate surface area is 104 Å². The van der Waals surface area contributed by atoms with Crippen molar-refractivity contribution in [2.75, 3.05) is 0 Å². The average Bonchev–Trinajstić information content (AvgIpc) is 2.83. The molecule has 18 heavy (non-hydrogen) atoms. The minimum atomic E-state index is 0.412. The standard InChI is InChI=1S/C13H13N5/c1-9-2-4-10(5-3-9)12-16-13-15-7-6-11(8-14)18(13)17-12/h2-7H,8,14H2,1H3. The molecule has 0 aliphatic heterocycles. The molecule has 3 aromatic rings. The zero-order valence-electron chi connectivity index (χ0n) is 10.0. The predicted octanol–water partition coefficient (Wildman–Crippen LogP) is 1.56. The van der Waals surface area contributed by atoms with Gasteiger partial charge in [-0.05, 0) is 13.0 Å². The number of benzene rings is 1. The lowest BCUT2D eigenvalue weighted by Gasteiger charge is -1.97. The second-order valence-corrected chi connectivity index (χ2v) is 4.15. The topological polar surface area (TPSA) is 69.1 Å². The maximum Gasteiger partial charge on any atom is 0.252 e. The van der Waals surface area contributed by atoms with Gasteiger partial charge < -0.3 is 5.73 Å². The van der Waals surface area contributed by atoms with Gasteiger partial charge in [-0.15, -0.1) is 5.10 Å². The summed E-state index contributed by atoms with van der Waals surface area (Å²) in [6.45, 7) is 2.46. The first-order chi connectivity index (χ1) is 8.78. The lowest BCUT2D eigenvalue weighted by molar-refractivity contribution is 0.837. The van der Waals surface area contributed by atoms with Crippen molar-refractivity contribution in [2.24, 2.45) is 5.73 Å². The Bertz CT molecular complexity index is 684. The number of hydrogen-bond acceptors (Lipinski definition) is 4. The largest absolute Gasteiger partial charge is 0.325 e. The van der Waals surface area contributed by atoms with Crippen LogP contribution in [-0.2, 0) is 6.54 Å². The molecular formula is C13H13N5. The fourth-order valence-electron chi connectivity index (χ4n) is 1.82. The van der Waals surface area contributed by atoms with Gasteiger partial charge in [0.2, 0.25) is 0 Å². The van der Waals surface area contributed by atoms with Crippen molar-refractivity contribution in [3.05, 3.63) is 47.8 Å². The van der Waals surface area contributed by atoms with Crippen LogP contribution in [0.25, 0.3) is 17.2 Å². The van der Waals surface area contributed by atoms with E-state index in [1.165, 1.54) is 5.56 Å². The predicted molar refractivity (Wildman–Crippen MR) is 68.8 cm³/mol. The molecule has 90 valence electrons. The molecule has 0 amide bonds. The Balaban J connectivity index is 2.16. The lowest BCUT2D eigenvalue weighted by Crippen LogP contribution is -2.05. The van der Waals surface area contributed by atoms with Gasteiger partial charge in [-0.3, -0.25) is 0 Å². The second-order valence-electron chi connectivity index (χ2n) is 4.15. The monoisotopic (exact) mass is 239 g/mol. The summed E-state index contributed by atoms with van der Waals surface area (Å²) in [4.78, 5) is 8.59. The van der Waals surface area contributed by atoms with Gasteiger partial charge in [-0.2, -0.15) is 9.50 Å². The lowest BCUT2D eigenvalue weighted by atomic mass is 10.1. The maximum atomic E-state index is 5.67. The number of aryl methyl sites for hydroxylation is 1. The highest BCUT2D eigenvalue weighted by Crippen LogP contribution is 2.16. The third-order valence-corrected chi connectivity index (χ3v) is 2.84. The van der Waals surface area contributed by atoms with Crippen LogP contribution >= 0.6 is 0 Å². The molecule has 0 radical (unpaired) electrons. The number of fused-ring (bicyclic) bond motifs is 1. The zero-order valence-corrected chi connectivity index (χ0v) is 10.0. The van der Waals surface area contributed by atoms with Gasteiger partial charge in [0.15, 0.2) is 5.82 Å². The number of nitrogens with zero attached hydrogens (tertiary/aromatic N) is 4. The molecule has 2 N–H and O–H groups in total. The Kier molecular flexibility index (Phi) is 2.53. The van der Waals surface area contributed by atoms with Crippen LogP contribution < -0.4 is 5.73 Å². The van der Waals surface area contributed by atoms with E-state index in [1.54, 1.807) is 10.7 Å². The van der Waals surface area contributed by atoms with Crippen molar-refractivity contribution >= 4 is 5.78 Å². The first-order valence-corrected chi connectivity index (χ1v) is 5.76. The first kappa shape index (κ1) is 10.9. The Morgan fingerprint density at radius 2 is 1.94 bits per heavy atom. The van der Waals surface area contributed by atoms with Crippen molar-refractivity contribution < 1.29 is 0 Å². The summed E-state index contributed by atoms with van der Waals surface area (Å²) in [7, 11) is 0. The van der Waals surface area contributed by atoms with Crippen LogP contribution in [0.1, 0.15) is 11.3 Å². The molecule has 2 aromatic heterocycles. The van der Waals surface area contributed by atoms with Gasteiger partial charge >= 0.3 is 0 Å². The molecule has 3 rings (SSSR count). The summed E-state index contributed by atoms with van der Waals surface area (Å²) in [5.74, 6) is 1.25. The van der Waals surface area contributed by atoms with Crippen LogP contribution in [0.3, 0.4) is 0 Å². The highest BCUT2D eigenvalue weighted by molar-refractivity contribution is 5.57. The minimum Gasteiger partial charge on any atom is -0.325 e. The normalized spacial score (nSPS) is 11.0. The van der Waals surface area contributed by atoms with E-state index in [-0.39, 0.29) is 0 Å². The van der Waals surface area contributed by atoms with E-state index in [9.17, 15) is 0 Å². The van der Waals surface area contributed by atoms with E-state index < -0.39 is 0 Å². The van der Waals surface area contributed by atoms with Gasteiger partial charge in [-0.25, -0.2) is 4.98 Å². The SMILES string of the molecule is Cc1ccc(-c2nc3nccc(CN)n3n2)cc1. The Hall–Kier alpha value is -2.27. The molecule has 0 atom stereocenters. The maximum absolute atomic E-state index is 5.67. The van der Waals surface area contributed by atoms with Gasteiger partial charge in [0.25, 0.3) is 5.78 Å². The van der Waals surface area contributed by atoms with Crippen LogP contribution in [0.15, 0.2) is 36.5 Å². The van der Waals surface area contributed by atoms with Crippen LogP contribution in [0.4, 0.5) is 0 Å². The highest BCUT2D eigenvalue weighted by Gasteiger charge is 2.08. The summed E-state index contributed by atoms with van der Waals surface area (Å²) in [6, 6.07) is 9.94. The van der Waals surface area contributed by atoms with Crippen LogP contribution in [0.5, 0.6) is 0 Å². The molecule has 0 spiro atoms. The van der Waals surface area contributed by atoms with Crippen LogP contribution in [0, 0.1) is 6.92 Å². The van der Waals surface area contributed by atoms with E-state index >= 15 is 0 Å². The number of rotatable bonds is 2. The molecule has 5 nitrogen and oxygen atoms in total. The summed E-state index contributed by atoms with van der Waals surface area (Å²) in [6.07, 6.45) is 1.70. The van der Waals surface area contributed by atoms with Gasteiger partial charge in [0.1, 0.15) is 0 Å². The molecule has 5 heteroatoms. The number of aromatic nitrogens is 4. The molecule has 0 fully saturated rings. The third-order valence-electron chi connectivity index (χ3n) is 2.84. The van der Waals surface area contributed by atoms with Crippen molar-refractivity contribution in [3.63, 3.8) is 0 Å². The van der Waals surface area contributed by atoms with Gasteiger partial charge in [-0.1, -0.05) is 29.8 Å². The van der Waals surface area contributed by atoms with Crippen LogP contribution in [-0.4, -0.2) is 19.6 Å². The fourth-order valence-corrected chi connectivity index (χ4v) is 1.82. The molecule has 1 aromatic carbocycles. The molecule has 0 bridgehead atoms. The Morgan fingerprint density at radius 1 is 1.17 bits per heavy atom. The smallest absolute Gasteiger partial charge is 0.252 e. The fraction of sp³-hybridized carbons (Fsp3) is 0.154. The average molecular weight is 239 g/mol. The van der Waals surface area contributed by atoms with E-state index in [4.69, 9.17) is 5.73 Å². The van der Waals surface area contributed by atoms with E-state index in [2.05, 4.69) is 22.0 Å². The van der Waals surface area contributed by atoms with Crippen molar-refractivity contribution in [2.45, 2.75) is 13.5 Å². The van der Waals surface area contributed by atoms with E-state index in [0.29, 0.717) is 18.1 Å². The zero-order chi connectivity index (χ0) is 12.5. The Morgan fingerprint density at radius 3 is 2.67 bits per heavy atom. The molecule has 0 unspecified atom stereocenters. The van der Waals surface area contributed by atoms with E-state index in [1.807, 2.05) is 30.3 Å². The van der Waals surface area contributed by atoms with Crippen LogP contribution in [0.2, 0.25) is 0 Å². The summed E-state index contributed by atoms with van der Waals surface area (Å²) >= 11 is 0. The number of hydrogen-bond donors (Lipinski definition) is 1. The molecule has 0 saturated carbocycles. The first-order valence-electron chi connectivity index (χ1n) is 5.76. The van der Waals surface area contributed by atoms with Crippen molar-refractivity contribution in [1.82, 2.24) is 19.6 Å². The molecule has 0 saturated heterocycles. The van der Waals surface area contributed by atoms with Gasteiger partial charge in [0.05, 0.1) is 5.69 Å². The molecule has 2 heterocycles. The number of nitrogens with two attached hydrogens (primary N) is 1. The molecular weight excluding hydrogens is 226 g/mol. The second kappa shape index (κ2) is 4.19. The summed E-state index contributed by atoms with van der Waals surface area (Å²) in [5, 5.41) is 4.45. The summed E-state index contributed by atoms with van der Waals surface area (Å²) < 4.78 is 1.69. The van der Waals surface area contributed by atoms with Crippen molar-refractivity contribution in [1.29, 1.82) is 0 Å². The van der Waals surface area contributed by atoms with E-state index in [0.717, 1.165) is 11.3 Å².